The van der Waals surface area contributed by atoms with Gasteiger partial charge >= 0.3 is 0 Å². The Labute approximate surface area is 116 Å². The lowest BCUT2D eigenvalue weighted by atomic mass is 10.4. The molecule has 0 aromatic carbocycles. The molecule has 0 aliphatic rings. The van der Waals surface area contributed by atoms with Gasteiger partial charge in [0.25, 0.3) is 0 Å². The molecule has 3 heterocycles. The van der Waals surface area contributed by atoms with Crippen LogP contribution in [0.5, 0.6) is 0 Å². The third-order valence-electron chi connectivity index (χ3n) is 2.99. The van der Waals surface area contributed by atoms with Gasteiger partial charge in [-0.05, 0) is 19.4 Å². The molecule has 0 atom stereocenters. The van der Waals surface area contributed by atoms with Crippen LogP contribution in [0.25, 0.3) is 11.2 Å². The topological polar surface area (TPSA) is 81.4 Å². The summed E-state index contributed by atoms with van der Waals surface area (Å²) in [6.07, 6.45) is 6.90. The molecule has 1 N–H and O–H groups in total. The maximum absolute atomic E-state index is 4.35. The third-order valence-corrected chi connectivity index (χ3v) is 2.99. The number of aromatic nitrogens is 6. The van der Waals surface area contributed by atoms with Gasteiger partial charge in [-0.2, -0.15) is 0 Å². The van der Waals surface area contributed by atoms with Crippen molar-refractivity contribution in [2.75, 3.05) is 5.32 Å². The van der Waals surface area contributed by atoms with E-state index in [0.29, 0.717) is 12.4 Å². The average molecular weight is 269 g/mol. The number of nitrogens with one attached hydrogen (secondary N) is 1. The predicted molar refractivity (Wildman–Crippen MR) is 75.1 cm³/mol. The molecule has 102 valence electrons. The number of hydrogen-bond donors (Lipinski definition) is 1. The predicted octanol–water partition coefficient (Wildman–Crippen LogP) is 1.56. The molecule has 0 fully saturated rings. The van der Waals surface area contributed by atoms with E-state index in [2.05, 4.69) is 37.2 Å². The Morgan fingerprint density at radius 3 is 2.65 bits per heavy atom. The van der Waals surface area contributed by atoms with Crippen LogP contribution >= 0.6 is 0 Å². The molecule has 7 nitrogen and oxygen atoms in total. The van der Waals surface area contributed by atoms with Crippen LogP contribution in [0.4, 0.5) is 5.82 Å². The number of rotatable bonds is 4. The number of anilines is 1. The molecule has 0 radical (unpaired) electrons. The Morgan fingerprint density at radius 1 is 1.10 bits per heavy atom. The molecule has 0 saturated heterocycles. The first-order valence-corrected chi connectivity index (χ1v) is 6.45. The van der Waals surface area contributed by atoms with Gasteiger partial charge in [-0.25, -0.2) is 24.9 Å². The second-order valence-corrected chi connectivity index (χ2v) is 4.46. The largest absolute Gasteiger partial charge is 0.361 e. The van der Waals surface area contributed by atoms with Crippen LogP contribution < -0.4 is 5.32 Å². The van der Waals surface area contributed by atoms with Crippen molar-refractivity contribution in [3.63, 3.8) is 0 Å². The minimum Gasteiger partial charge on any atom is -0.361 e. The first kappa shape index (κ1) is 12.5. The van der Waals surface area contributed by atoms with Crippen molar-refractivity contribution in [1.29, 1.82) is 0 Å². The first-order valence-electron chi connectivity index (χ1n) is 6.45. The Kier molecular flexibility index (Phi) is 3.24. The summed E-state index contributed by atoms with van der Waals surface area (Å²) in [5, 5.41) is 3.21. The second kappa shape index (κ2) is 5.20. The molecule has 0 aliphatic heterocycles. The van der Waals surface area contributed by atoms with Gasteiger partial charge in [-0.3, -0.25) is 0 Å². The van der Waals surface area contributed by atoms with Crippen molar-refractivity contribution >= 4 is 17.0 Å². The zero-order chi connectivity index (χ0) is 13.9. The number of aryl methyl sites for hydroxylation is 2. The highest BCUT2D eigenvalue weighted by Gasteiger charge is 2.09. The zero-order valence-electron chi connectivity index (χ0n) is 11.4. The molecule has 0 aliphatic carbocycles. The van der Waals surface area contributed by atoms with E-state index >= 15 is 0 Å². The lowest BCUT2D eigenvalue weighted by Crippen LogP contribution is -2.06. The quantitative estimate of drug-likeness (QED) is 0.774. The monoisotopic (exact) mass is 269 g/mol. The molecule has 7 heteroatoms. The summed E-state index contributed by atoms with van der Waals surface area (Å²) in [5.74, 6) is 1.42. The van der Waals surface area contributed by atoms with Crippen molar-refractivity contribution in [2.45, 2.75) is 26.9 Å². The SMILES string of the molecule is CCn1cnc2c(NCc3ncc(C)cn3)ncnc21. The van der Waals surface area contributed by atoms with Crippen molar-refractivity contribution in [2.24, 2.45) is 0 Å². The van der Waals surface area contributed by atoms with Crippen molar-refractivity contribution in [1.82, 2.24) is 29.5 Å². The summed E-state index contributed by atoms with van der Waals surface area (Å²) in [6.45, 7) is 5.35. The highest BCUT2D eigenvalue weighted by molar-refractivity contribution is 5.82. The van der Waals surface area contributed by atoms with Crippen LogP contribution in [0.2, 0.25) is 0 Å². The van der Waals surface area contributed by atoms with Gasteiger partial charge in [0.1, 0.15) is 17.7 Å². The van der Waals surface area contributed by atoms with E-state index < -0.39 is 0 Å². The summed E-state index contributed by atoms with van der Waals surface area (Å²) in [4.78, 5) is 21.3. The van der Waals surface area contributed by atoms with Gasteiger partial charge in [-0.15, -0.1) is 0 Å². The average Bonchev–Trinajstić information content (AvgIpc) is 2.90. The van der Waals surface area contributed by atoms with Crippen LogP contribution in [-0.4, -0.2) is 29.5 Å². The van der Waals surface area contributed by atoms with Gasteiger partial charge < -0.3 is 9.88 Å². The van der Waals surface area contributed by atoms with Crippen LogP contribution in [0.15, 0.2) is 25.0 Å². The maximum Gasteiger partial charge on any atom is 0.165 e. The first-order chi connectivity index (χ1) is 9.78. The van der Waals surface area contributed by atoms with Crippen LogP contribution in [0.1, 0.15) is 18.3 Å². The van der Waals surface area contributed by atoms with Crippen molar-refractivity contribution in [3.8, 4) is 0 Å². The lowest BCUT2D eigenvalue weighted by molar-refractivity contribution is 0.777. The van der Waals surface area contributed by atoms with E-state index in [4.69, 9.17) is 0 Å². The lowest BCUT2D eigenvalue weighted by Gasteiger charge is -2.05. The Morgan fingerprint density at radius 2 is 1.90 bits per heavy atom. The molecule has 20 heavy (non-hydrogen) atoms. The van der Waals surface area contributed by atoms with E-state index in [9.17, 15) is 0 Å². The van der Waals surface area contributed by atoms with Crippen LogP contribution in [0.3, 0.4) is 0 Å². The van der Waals surface area contributed by atoms with Crippen LogP contribution in [0, 0.1) is 6.92 Å². The van der Waals surface area contributed by atoms with Gasteiger partial charge in [-0.1, -0.05) is 0 Å². The molecular weight excluding hydrogens is 254 g/mol. The van der Waals surface area contributed by atoms with Gasteiger partial charge in [0.2, 0.25) is 0 Å². The smallest absolute Gasteiger partial charge is 0.165 e. The van der Waals surface area contributed by atoms with Crippen molar-refractivity contribution < 1.29 is 0 Å². The molecule has 0 saturated carbocycles. The molecule has 0 amide bonds. The minimum absolute atomic E-state index is 0.505. The summed E-state index contributed by atoms with van der Waals surface area (Å²) in [6, 6.07) is 0. The normalized spacial score (nSPS) is 10.9. The standard InChI is InChI=1S/C13H15N7/c1-3-20-8-19-11-12(17-7-18-13(11)20)16-6-10-14-4-9(2)5-15-10/h4-5,7-8H,3,6H2,1-2H3,(H,16,17,18). The van der Waals surface area contributed by atoms with E-state index in [-0.39, 0.29) is 0 Å². The van der Waals surface area contributed by atoms with E-state index in [1.54, 1.807) is 18.7 Å². The molecule has 3 aromatic rings. The summed E-state index contributed by atoms with van der Waals surface area (Å²) in [5.41, 5.74) is 2.64. The summed E-state index contributed by atoms with van der Waals surface area (Å²) >= 11 is 0. The fourth-order valence-corrected chi connectivity index (χ4v) is 1.91. The maximum atomic E-state index is 4.35. The number of nitrogens with zero attached hydrogens (tertiary/aromatic N) is 6. The Balaban J connectivity index is 1.84. The van der Waals surface area contributed by atoms with Gasteiger partial charge in [0, 0.05) is 18.9 Å². The number of imidazole rings is 1. The summed E-state index contributed by atoms with van der Waals surface area (Å²) < 4.78 is 1.98. The van der Waals surface area contributed by atoms with E-state index in [1.165, 1.54) is 6.33 Å². The van der Waals surface area contributed by atoms with Gasteiger partial charge in [0.05, 0.1) is 12.9 Å². The Bertz CT molecular complexity index is 717. The molecule has 0 bridgehead atoms. The van der Waals surface area contributed by atoms with Gasteiger partial charge in [0.15, 0.2) is 11.5 Å². The van der Waals surface area contributed by atoms with Crippen LogP contribution in [-0.2, 0) is 13.1 Å². The third kappa shape index (κ3) is 2.29. The molecule has 3 rings (SSSR count). The molecule has 0 unspecified atom stereocenters. The number of hydrogen-bond acceptors (Lipinski definition) is 6. The fourth-order valence-electron chi connectivity index (χ4n) is 1.91. The van der Waals surface area contributed by atoms with E-state index in [1.807, 2.05) is 11.5 Å². The van der Waals surface area contributed by atoms with E-state index in [0.717, 1.165) is 29.1 Å². The highest BCUT2D eigenvalue weighted by atomic mass is 15.1. The molecule has 3 aromatic heterocycles. The zero-order valence-corrected chi connectivity index (χ0v) is 11.4. The fraction of sp³-hybridized carbons (Fsp3) is 0.308. The minimum atomic E-state index is 0.505. The second-order valence-electron chi connectivity index (χ2n) is 4.46. The number of fused-ring (bicyclic) bond motifs is 1. The van der Waals surface area contributed by atoms with Crippen molar-refractivity contribution in [3.05, 3.63) is 36.4 Å². The Hall–Kier alpha value is -2.57. The molecule has 0 spiro atoms. The molecular formula is C13H15N7. The highest BCUT2D eigenvalue weighted by Crippen LogP contribution is 2.17. The summed E-state index contributed by atoms with van der Waals surface area (Å²) in [7, 11) is 0.